The van der Waals surface area contributed by atoms with Crippen LogP contribution in [0.15, 0.2) is 188 Å². The van der Waals surface area contributed by atoms with Gasteiger partial charge in [-0.1, -0.05) is 133 Å². The molecule has 0 saturated carbocycles. The van der Waals surface area contributed by atoms with Crippen molar-refractivity contribution in [2.75, 3.05) is 0 Å². The topological polar surface area (TPSA) is 4.41 Å². The van der Waals surface area contributed by atoms with Crippen LogP contribution in [0.2, 0.25) is 0 Å². The highest BCUT2D eigenvalue weighted by atomic mass is 14.9. The van der Waals surface area contributed by atoms with Gasteiger partial charge < -0.3 is 4.40 Å². The maximum absolute atomic E-state index is 2.44. The molecule has 0 saturated heterocycles. The van der Waals surface area contributed by atoms with E-state index in [2.05, 4.69) is 192 Å². The SMILES string of the molecule is c1ccc(-c2cc(-c3ccccc3)cc(-c3cccc(-c4cccc(-c5cc6c7ccccc7n7c8ccccc8c(c5)c67)c4)c3)c2)cc1. The van der Waals surface area contributed by atoms with Gasteiger partial charge >= 0.3 is 0 Å². The van der Waals surface area contributed by atoms with Crippen molar-refractivity contribution in [3.8, 4) is 55.6 Å². The number of fused-ring (bicyclic) bond motifs is 6. The number of hydrogen-bond acceptors (Lipinski definition) is 0. The summed E-state index contributed by atoms with van der Waals surface area (Å²) in [4.78, 5) is 0. The first-order valence-electron chi connectivity index (χ1n) is 16.9. The molecule has 1 heteroatoms. The minimum Gasteiger partial charge on any atom is -0.308 e. The Morgan fingerprint density at radius 3 is 1.02 bits per heavy atom. The maximum atomic E-state index is 2.44. The van der Waals surface area contributed by atoms with Gasteiger partial charge in [-0.2, -0.15) is 0 Å². The third kappa shape index (κ3) is 4.55. The molecule has 0 aliphatic rings. The van der Waals surface area contributed by atoms with Gasteiger partial charge in [-0.15, -0.1) is 0 Å². The molecule has 8 aromatic carbocycles. The number of rotatable bonds is 5. The number of aromatic nitrogens is 1. The van der Waals surface area contributed by atoms with E-state index in [1.165, 1.54) is 93.7 Å². The first-order chi connectivity index (χ1) is 24.3. The molecule has 0 aliphatic heterocycles. The minimum absolute atomic E-state index is 1.21. The Labute approximate surface area is 285 Å². The molecule has 0 spiro atoms. The van der Waals surface area contributed by atoms with Gasteiger partial charge in [-0.05, 0) is 110 Å². The monoisotopic (exact) mass is 621 g/mol. The van der Waals surface area contributed by atoms with Gasteiger partial charge in [0.1, 0.15) is 0 Å². The molecule has 0 radical (unpaired) electrons. The van der Waals surface area contributed by atoms with Gasteiger partial charge in [0.15, 0.2) is 0 Å². The number of benzene rings is 8. The second-order valence-electron chi connectivity index (χ2n) is 13.0. The first kappa shape index (κ1) is 27.7. The summed E-state index contributed by atoms with van der Waals surface area (Å²) in [5.41, 5.74) is 16.0. The highest BCUT2D eigenvalue weighted by Gasteiger charge is 2.18. The van der Waals surface area contributed by atoms with E-state index < -0.39 is 0 Å². The molecule has 10 aromatic rings. The predicted octanol–water partition coefficient (Wildman–Crippen LogP) is 13.2. The summed E-state index contributed by atoms with van der Waals surface area (Å²) >= 11 is 0. The molecule has 0 N–H and O–H groups in total. The summed E-state index contributed by atoms with van der Waals surface area (Å²) in [6.45, 7) is 0. The summed E-state index contributed by atoms with van der Waals surface area (Å²) < 4.78 is 2.44. The lowest BCUT2D eigenvalue weighted by atomic mass is 9.91. The van der Waals surface area contributed by atoms with Gasteiger partial charge in [0.2, 0.25) is 0 Å². The normalized spacial score (nSPS) is 11.7. The van der Waals surface area contributed by atoms with Crippen LogP contribution in [-0.2, 0) is 0 Å². The molecular weight excluding hydrogens is 591 g/mol. The van der Waals surface area contributed by atoms with Gasteiger partial charge in [-0.3, -0.25) is 0 Å². The first-order valence-corrected chi connectivity index (χ1v) is 16.9. The summed E-state index contributed by atoms with van der Waals surface area (Å²) in [5.74, 6) is 0. The van der Waals surface area contributed by atoms with Crippen LogP contribution in [0.1, 0.15) is 0 Å². The smallest absolute Gasteiger partial charge is 0.0620 e. The van der Waals surface area contributed by atoms with Crippen LogP contribution in [0.25, 0.3) is 93.7 Å². The van der Waals surface area contributed by atoms with Crippen LogP contribution in [0.3, 0.4) is 0 Å². The Bertz CT molecular complexity index is 2660. The molecule has 49 heavy (non-hydrogen) atoms. The van der Waals surface area contributed by atoms with Gasteiger partial charge in [0.25, 0.3) is 0 Å². The van der Waals surface area contributed by atoms with E-state index in [4.69, 9.17) is 0 Å². The Morgan fingerprint density at radius 1 is 0.224 bits per heavy atom. The van der Waals surface area contributed by atoms with Gasteiger partial charge in [0.05, 0.1) is 16.6 Å². The van der Waals surface area contributed by atoms with Crippen LogP contribution in [0.4, 0.5) is 0 Å². The van der Waals surface area contributed by atoms with Crippen molar-refractivity contribution in [1.82, 2.24) is 4.40 Å². The molecular formula is C48H31N. The second-order valence-corrected chi connectivity index (χ2v) is 13.0. The van der Waals surface area contributed by atoms with E-state index in [-0.39, 0.29) is 0 Å². The van der Waals surface area contributed by atoms with Crippen molar-refractivity contribution in [3.63, 3.8) is 0 Å². The fraction of sp³-hybridized carbons (Fsp3) is 0. The van der Waals surface area contributed by atoms with E-state index >= 15 is 0 Å². The lowest BCUT2D eigenvalue weighted by molar-refractivity contribution is 1.37. The molecule has 0 unspecified atom stereocenters. The quantitative estimate of drug-likeness (QED) is 0.180. The summed E-state index contributed by atoms with van der Waals surface area (Å²) in [6, 6.07) is 68.7. The lowest BCUT2D eigenvalue weighted by Gasteiger charge is -2.13. The zero-order valence-corrected chi connectivity index (χ0v) is 26.8. The van der Waals surface area contributed by atoms with Crippen molar-refractivity contribution < 1.29 is 0 Å². The van der Waals surface area contributed by atoms with Crippen LogP contribution in [0, 0.1) is 0 Å². The van der Waals surface area contributed by atoms with Crippen molar-refractivity contribution in [2.45, 2.75) is 0 Å². The Kier molecular flexibility index (Phi) is 6.25. The third-order valence-corrected chi connectivity index (χ3v) is 10.1. The van der Waals surface area contributed by atoms with Crippen LogP contribution < -0.4 is 0 Å². The second kappa shape index (κ2) is 11.1. The number of para-hydroxylation sites is 2. The van der Waals surface area contributed by atoms with Gasteiger partial charge in [0, 0.05) is 21.5 Å². The van der Waals surface area contributed by atoms with Gasteiger partial charge in [-0.25, -0.2) is 0 Å². The standard InChI is InChI=1S/C48H31N/c1-3-13-32(14-4-1)38-27-39(33-15-5-2-6-16-33)29-40(28-38)36-19-11-17-34(25-36)35-18-12-20-37(26-35)41-30-44-42-21-7-9-23-46(42)49-47-24-10-8-22-43(47)45(31-41)48(44)49/h1-31H. The number of nitrogens with zero attached hydrogens (tertiary/aromatic N) is 1. The molecule has 0 atom stereocenters. The molecule has 0 amide bonds. The molecule has 0 bridgehead atoms. The average molecular weight is 622 g/mol. The van der Waals surface area contributed by atoms with E-state index in [0.29, 0.717) is 0 Å². The van der Waals surface area contributed by atoms with Crippen molar-refractivity contribution in [2.24, 2.45) is 0 Å². The lowest BCUT2D eigenvalue weighted by Crippen LogP contribution is -1.87. The summed E-state index contributed by atoms with van der Waals surface area (Å²) in [7, 11) is 0. The highest BCUT2D eigenvalue weighted by molar-refractivity contribution is 6.24. The molecule has 10 rings (SSSR count). The zero-order chi connectivity index (χ0) is 32.3. The van der Waals surface area contributed by atoms with Crippen molar-refractivity contribution in [3.05, 3.63) is 188 Å². The molecule has 0 fully saturated rings. The fourth-order valence-electron chi connectivity index (χ4n) is 7.76. The zero-order valence-electron chi connectivity index (χ0n) is 26.8. The average Bonchev–Trinajstić information content (AvgIpc) is 3.70. The fourth-order valence-corrected chi connectivity index (χ4v) is 7.76. The molecule has 0 aliphatic carbocycles. The van der Waals surface area contributed by atoms with Crippen molar-refractivity contribution >= 4 is 38.1 Å². The van der Waals surface area contributed by atoms with E-state index in [1.807, 2.05) is 0 Å². The largest absolute Gasteiger partial charge is 0.308 e. The molecule has 1 nitrogen and oxygen atoms in total. The number of hydrogen-bond donors (Lipinski definition) is 0. The van der Waals surface area contributed by atoms with E-state index in [9.17, 15) is 0 Å². The summed E-state index contributed by atoms with van der Waals surface area (Å²) in [6.07, 6.45) is 0. The van der Waals surface area contributed by atoms with Crippen LogP contribution >= 0.6 is 0 Å². The van der Waals surface area contributed by atoms with Crippen LogP contribution in [-0.4, -0.2) is 4.40 Å². The van der Waals surface area contributed by atoms with Crippen LogP contribution in [0.5, 0.6) is 0 Å². The Hall–Kier alpha value is -6.44. The Balaban J connectivity index is 1.10. The molecule has 228 valence electrons. The molecule has 2 heterocycles. The third-order valence-electron chi connectivity index (χ3n) is 10.1. The molecule has 2 aromatic heterocycles. The predicted molar refractivity (Wildman–Crippen MR) is 208 cm³/mol. The van der Waals surface area contributed by atoms with E-state index in [1.54, 1.807) is 0 Å². The van der Waals surface area contributed by atoms with E-state index in [0.717, 1.165) is 0 Å². The summed E-state index contributed by atoms with van der Waals surface area (Å²) in [5, 5.41) is 5.21. The highest BCUT2D eigenvalue weighted by Crippen LogP contribution is 2.42. The van der Waals surface area contributed by atoms with Crippen molar-refractivity contribution in [1.29, 1.82) is 0 Å². The maximum Gasteiger partial charge on any atom is 0.0620 e. The Morgan fingerprint density at radius 2 is 0.551 bits per heavy atom. The minimum atomic E-state index is 1.21.